The van der Waals surface area contributed by atoms with Crippen molar-refractivity contribution in [1.29, 1.82) is 0 Å². The Balaban J connectivity index is 2.03. The largest absolute Gasteiger partial charge is 0.368 e. The summed E-state index contributed by atoms with van der Waals surface area (Å²) < 4.78 is 0. The molecule has 0 aliphatic heterocycles. The van der Waals surface area contributed by atoms with Crippen LogP contribution in [0.15, 0.2) is 24.3 Å². The Morgan fingerprint density at radius 2 is 1.71 bits per heavy atom. The van der Waals surface area contributed by atoms with Crippen molar-refractivity contribution < 1.29 is 0 Å². The summed E-state index contributed by atoms with van der Waals surface area (Å²) in [5.41, 5.74) is 2.78. The summed E-state index contributed by atoms with van der Waals surface area (Å²) in [6.07, 6.45) is 5.15. The lowest BCUT2D eigenvalue weighted by Gasteiger charge is -2.34. The van der Waals surface area contributed by atoms with Crippen LogP contribution in [-0.2, 0) is 6.54 Å². The monoisotopic (exact) mass is 288 g/mol. The molecule has 0 spiro atoms. The molecule has 1 fully saturated rings. The van der Waals surface area contributed by atoms with Crippen molar-refractivity contribution in [2.75, 3.05) is 11.4 Å². The molecule has 0 saturated heterocycles. The number of nitrogens with zero attached hydrogens (tertiary/aromatic N) is 1. The highest BCUT2D eigenvalue weighted by Crippen LogP contribution is 2.23. The molecule has 2 nitrogen and oxygen atoms in total. The Morgan fingerprint density at radius 1 is 1.10 bits per heavy atom. The third-order valence-corrected chi connectivity index (χ3v) is 4.39. The van der Waals surface area contributed by atoms with Gasteiger partial charge in [-0.1, -0.05) is 39.8 Å². The summed E-state index contributed by atoms with van der Waals surface area (Å²) >= 11 is 0. The third kappa shape index (κ3) is 5.03. The predicted molar refractivity (Wildman–Crippen MR) is 92.9 cm³/mol. The second-order valence-electron chi connectivity index (χ2n) is 6.84. The first-order chi connectivity index (χ1) is 10.1. The molecule has 1 aromatic carbocycles. The van der Waals surface area contributed by atoms with Gasteiger partial charge in [-0.3, -0.25) is 0 Å². The average molecular weight is 288 g/mol. The first-order valence-corrected chi connectivity index (χ1v) is 8.73. The maximum atomic E-state index is 3.59. The van der Waals surface area contributed by atoms with Gasteiger partial charge in [0.2, 0.25) is 0 Å². The van der Waals surface area contributed by atoms with Gasteiger partial charge in [0.1, 0.15) is 0 Å². The normalized spacial score (nSPS) is 15.0. The minimum Gasteiger partial charge on any atom is -0.368 e. The van der Waals surface area contributed by atoms with Gasteiger partial charge in [0.15, 0.2) is 0 Å². The van der Waals surface area contributed by atoms with E-state index in [9.17, 15) is 0 Å². The summed E-state index contributed by atoms with van der Waals surface area (Å²) in [5, 5.41) is 3.59. The molecule has 2 heteroatoms. The second-order valence-corrected chi connectivity index (χ2v) is 6.84. The zero-order chi connectivity index (χ0) is 15.2. The molecule has 1 aromatic rings. The van der Waals surface area contributed by atoms with Crippen LogP contribution < -0.4 is 10.2 Å². The van der Waals surface area contributed by atoms with Gasteiger partial charge in [-0.25, -0.2) is 0 Å². The highest BCUT2D eigenvalue weighted by atomic mass is 15.2. The molecule has 0 amide bonds. The summed E-state index contributed by atoms with van der Waals surface area (Å²) in [6, 6.07) is 10.6. The van der Waals surface area contributed by atoms with Crippen LogP contribution in [0.5, 0.6) is 0 Å². The van der Waals surface area contributed by atoms with E-state index in [1.807, 2.05) is 0 Å². The molecule has 21 heavy (non-hydrogen) atoms. The summed E-state index contributed by atoms with van der Waals surface area (Å²) in [5.74, 6) is 0.696. The van der Waals surface area contributed by atoms with E-state index in [1.54, 1.807) is 0 Å². The van der Waals surface area contributed by atoms with Crippen molar-refractivity contribution in [2.45, 2.75) is 72.0 Å². The van der Waals surface area contributed by atoms with Gasteiger partial charge < -0.3 is 10.2 Å². The number of hydrogen-bond donors (Lipinski definition) is 1. The quantitative estimate of drug-likeness (QED) is 0.715. The lowest BCUT2D eigenvalue weighted by Crippen LogP contribution is -2.37. The minimum absolute atomic E-state index is 0.655. The highest BCUT2D eigenvalue weighted by Gasteiger charge is 2.20. The molecule has 1 aliphatic rings. The smallest absolute Gasteiger partial charge is 0.0368 e. The average Bonchev–Trinajstić information content (AvgIpc) is 3.30. The maximum absolute atomic E-state index is 3.59. The van der Waals surface area contributed by atoms with Crippen molar-refractivity contribution >= 4 is 5.69 Å². The highest BCUT2D eigenvalue weighted by molar-refractivity contribution is 5.48. The van der Waals surface area contributed by atoms with Crippen LogP contribution in [0.25, 0.3) is 0 Å². The fourth-order valence-electron chi connectivity index (χ4n) is 2.94. The third-order valence-electron chi connectivity index (χ3n) is 4.39. The van der Waals surface area contributed by atoms with Crippen LogP contribution in [-0.4, -0.2) is 18.6 Å². The number of nitrogens with one attached hydrogen (secondary N) is 1. The molecule has 1 saturated carbocycles. The van der Waals surface area contributed by atoms with Gasteiger partial charge in [-0.2, -0.15) is 0 Å². The van der Waals surface area contributed by atoms with Crippen molar-refractivity contribution in [3.63, 3.8) is 0 Å². The molecule has 2 rings (SSSR count). The zero-order valence-corrected chi connectivity index (χ0v) is 14.2. The first kappa shape index (κ1) is 16.4. The van der Waals surface area contributed by atoms with Gasteiger partial charge in [-0.05, 0) is 49.3 Å². The molecular formula is C19H32N2. The molecule has 0 heterocycles. The van der Waals surface area contributed by atoms with E-state index in [1.165, 1.54) is 36.9 Å². The van der Waals surface area contributed by atoms with Gasteiger partial charge >= 0.3 is 0 Å². The van der Waals surface area contributed by atoms with Crippen LogP contribution in [0, 0.1) is 5.92 Å². The molecule has 0 aromatic heterocycles. The zero-order valence-electron chi connectivity index (χ0n) is 14.2. The minimum atomic E-state index is 0.655. The Kier molecular flexibility index (Phi) is 6.10. The van der Waals surface area contributed by atoms with Crippen LogP contribution in [0.3, 0.4) is 0 Å². The lowest BCUT2D eigenvalue weighted by molar-refractivity contribution is 0.507. The van der Waals surface area contributed by atoms with Gasteiger partial charge in [-0.15, -0.1) is 0 Å². The van der Waals surface area contributed by atoms with E-state index in [-0.39, 0.29) is 0 Å². The molecule has 1 aliphatic carbocycles. The fraction of sp³-hybridized carbons (Fsp3) is 0.684. The van der Waals surface area contributed by atoms with Crippen molar-refractivity contribution in [3.05, 3.63) is 29.8 Å². The molecular weight excluding hydrogens is 256 g/mol. The number of rotatable bonds is 9. The topological polar surface area (TPSA) is 15.3 Å². The predicted octanol–water partition coefficient (Wildman–Crippen LogP) is 4.59. The second kappa shape index (κ2) is 7.84. The molecule has 0 radical (unpaired) electrons. The fourth-order valence-corrected chi connectivity index (χ4v) is 2.94. The van der Waals surface area contributed by atoms with Crippen molar-refractivity contribution in [2.24, 2.45) is 5.92 Å². The van der Waals surface area contributed by atoms with Gasteiger partial charge in [0, 0.05) is 30.9 Å². The Morgan fingerprint density at radius 3 is 2.19 bits per heavy atom. The van der Waals surface area contributed by atoms with E-state index >= 15 is 0 Å². The van der Waals surface area contributed by atoms with E-state index < -0.39 is 0 Å². The van der Waals surface area contributed by atoms with Crippen molar-refractivity contribution in [1.82, 2.24) is 5.32 Å². The van der Waals surface area contributed by atoms with E-state index in [0.717, 1.165) is 19.1 Å². The van der Waals surface area contributed by atoms with Crippen molar-refractivity contribution in [3.8, 4) is 0 Å². The Hall–Kier alpha value is -1.02. The molecule has 0 bridgehead atoms. The lowest BCUT2D eigenvalue weighted by atomic mass is 10.1. The molecule has 0 unspecified atom stereocenters. The number of hydrogen-bond acceptors (Lipinski definition) is 2. The van der Waals surface area contributed by atoms with Crippen LogP contribution in [0.1, 0.15) is 58.9 Å². The Bertz CT molecular complexity index is 402. The van der Waals surface area contributed by atoms with Crippen LogP contribution in [0.2, 0.25) is 0 Å². The number of anilines is 1. The van der Waals surface area contributed by atoms with E-state index in [2.05, 4.69) is 62.2 Å². The maximum Gasteiger partial charge on any atom is 0.0368 e. The SMILES string of the molecule is CCC(CC)N(CC(C)C)c1ccc(CNC2CC2)cc1. The molecule has 0 atom stereocenters. The standard InChI is InChI=1S/C19H32N2/c1-5-18(6-2)21(14-15(3)4)19-11-7-16(8-12-19)13-20-17-9-10-17/h7-8,11-12,15,17-18,20H,5-6,9-10,13-14H2,1-4H3. The van der Waals surface area contributed by atoms with E-state index in [4.69, 9.17) is 0 Å². The van der Waals surface area contributed by atoms with Gasteiger partial charge in [0.05, 0.1) is 0 Å². The molecule has 1 N–H and O–H groups in total. The van der Waals surface area contributed by atoms with Crippen LogP contribution in [0.4, 0.5) is 5.69 Å². The van der Waals surface area contributed by atoms with Gasteiger partial charge in [0.25, 0.3) is 0 Å². The summed E-state index contributed by atoms with van der Waals surface area (Å²) in [6.45, 7) is 11.4. The molecule has 118 valence electrons. The Labute approximate surface area is 130 Å². The number of benzene rings is 1. The summed E-state index contributed by atoms with van der Waals surface area (Å²) in [7, 11) is 0. The summed E-state index contributed by atoms with van der Waals surface area (Å²) in [4.78, 5) is 2.60. The first-order valence-electron chi connectivity index (χ1n) is 8.73. The van der Waals surface area contributed by atoms with Crippen LogP contribution >= 0.6 is 0 Å². The van der Waals surface area contributed by atoms with E-state index in [0.29, 0.717) is 12.0 Å².